The van der Waals surface area contributed by atoms with Gasteiger partial charge in [0.15, 0.2) is 0 Å². The minimum absolute atomic E-state index is 0. The number of carboxylic acid groups (broad SMARTS) is 1. The van der Waals surface area contributed by atoms with Gasteiger partial charge in [-0.15, -0.1) is 11.8 Å². The molecule has 3 unspecified atom stereocenters. The molecule has 1 amide bonds. The third-order valence-corrected chi connectivity index (χ3v) is 5.41. The molecule has 0 saturated carbocycles. The van der Waals surface area contributed by atoms with Gasteiger partial charge in [-0.05, 0) is 13.8 Å². The molecule has 2 rings (SSSR count). The average Bonchev–Trinajstić information content (AvgIpc) is 2.34. The summed E-state index contributed by atoms with van der Waals surface area (Å²) in [7, 11) is 0. The van der Waals surface area contributed by atoms with E-state index in [0.29, 0.717) is 0 Å². The summed E-state index contributed by atoms with van der Waals surface area (Å²) in [5.74, 6) is -1.32. The molecule has 2 aliphatic heterocycles. The van der Waals surface area contributed by atoms with Gasteiger partial charge >= 0.3 is 51.4 Å². The molecule has 4 nitrogen and oxygen atoms in total. The molecule has 2 fully saturated rings. The van der Waals surface area contributed by atoms with Crippen molar-refractivity contribution in [2.75, 3.05) is 0 Å². The molecule has 0 spiro atoms. The number of nitrogens with zero attached hydrogens (tertiary/aromatic N) is 1. The first-order valence-electron chi connectivity index (χ1n) is 4.21. The molecule has 78 valence electrons. The molecule has 2 saturated heterocycles. The summed E-state index contributed by atoms with van der Waals surface area (Å²) in [6, 6.07) is -0.807. The van der Waals surface area contributed by atoms with Gasteiger partial charge in [-0.2, -0.15) is 0 Å². The molecule has 0 radical (unpaired) electrons. The minimum Gasteiger partial charge on any atom is -0.548 e. The Morgan fingerprint density at radius 2 is 2.13 bits per heavy atom. The van der Waals surface area contributed by atoms with Crippen LogP contribution in [0.1, 0.15) is 13.8 Å². The zero-order valence-electron chi connectivity index (χ0n) is 8.69. The summed E-state index contributed by atoms with van der Waals surface area (Å²) in [6.45, 7) is 3.65. The van der Waals surface area contributed by atoms with Crippen LogP contribution in [0, 0.1) is 0 Å². The summed E-state index contributed by atoms with van der Waals surface area (Å²) in [5.41, 5.74) is 0. The Balaban J connectivity index is 0.00000112. The van der Waals surface area contributed by atoms with Crippen molar-refractivity contribution in [1.82, 2.24) is 4.90 Å². The van der Waals surface area contributed by atoms with Crippen molar-refractivity contribution in [2.24, 2.45) is 0 Å². The van der Waals surface area contributed by atoms with Crippen molar-refractivity contribution in [3.63, 3.8) is 0 Å². The number of thioether (sulfide) groups is 1. The topological polar surface area (TPSA) is 60.4 Å². The standard InChI is InChI=1S/C8H10BrNO3S.K/c1-8(2)4(7(12)13)10-5(11)3(9)6(10)14-8;/h3-4,6H,1-2H3,(H,12,13);/q;+1/p-1. The number of hydrogen-bond donors (Lipinski definition) is 0. The monoisotopic (exact) mass is 317 g/mol. The van der Waals surface area contributed by atoms with Gasteiger partial charge in [0.25, 0.3) is 0 Å². The molecular weight excluding hydrogens is 309 g/mol. The van der Waals surface area contributed by atoms with Crippen molar-refractivity contribution in [1.29, 1.82) is 0 Å². The average molecular weight is 318 g/mol. The number of aliphatic carboxylic acids is 1. The maximum absolute atomic E-state index is 11.4. The second-order valence-electron chi connectivity index (χ2n) is 3.98. The van der Waals surface area contributed by atoms with Crippen LogP contribution in [0.15, 0.2) is 0 Å². The number of rotatable bonds is 1. The van der Waals surface area contributed by atoms with Gasteiger partial charge in [0.2, 0.25) is 5.91 Å². The number of β-lactam (4-membered cyclic amide) rings is 1. The van der Waals surface area contributed by atoms with Crippen LogP contribution in [-0.2, 0) is 9.59 Å². The molecule has 0 bridgehead atoms. The Bertz CT molecular complexity index is 325. The molecule has 0 aromatic carbocycles. The first kappa shape index (κ1) is 14.5. The van der Waals surface area contributed by atoms with Crippen LogP contribution < -0.4 is 56.5 Å². The maximum Gasteiger partial charge on any atom is 1.00 e. The van der Waals surface area contributed by atoms with E-state index in [0.717, 1.165) is 0 Å². The van der Waals surface area contributed by atoms with Crippen molar-refractivity contribution in [2.45, 2.75) is 34.8 Å². The second kappa shape index (κ2) is 4.59. The number of fused-ring (bicyclic) bond motifs is 1. The first-order valence-corrected chi connectivity index (χ1v) is 6.01. The van der Waals surface area contributed by atoms with E-state index in [2.05, 4.69) is 15.9 Å². The third-order valence-electron chi connectivity index (χ3n) is 2.60. The minimum atomic E-state index is -1.17. The van der Waals surface area contributed by atoms with Crippen molar-refractivity contribution < 1.29 is 66.1 Å². The Hall–Kier alpha value is 1.41. The Morgan fingerprint density at radius 3 is 2.60 bits per heavy atom. The quantitative estimate of drug-likeness (QED) is 0.287. The van der Waals surface area contributed by atoms with Crippen LogP contribution in [0.25, 0.3) is 0 Å². The van der Waals surface area contributed by atoms with E-state index in [-0.39, 0.29) is 67.5 Å². The summed E-state index contributed by atoms with van der Waals surface area (Å²) >= 11 is 4.74. The zero-order chi connectivity index (χ0) is 10.7. The summed E-state index contributed by atoms with van der Waals surface area (Å²) in [4.78, 5) is 23.5. The van der Waals surface area contributed by atoms with Crippen LogP contribution in [0.5, 0.6) is 0 Å². The maximum atomic E-state index is 11.4. The zero-order valence-corrected chi connectivity index (χ0v) is 14.2. The van der Waals surface area contributed by atoms with Crippen molar-refractivity contribution >= 4 is 39.6 Å². The van der Waals surface area contributed by atoms with Gasteiger partial charge in [-0.25, -0.2) is 0 Å². The number of carbonyl (C=O) groups is 2. The molecule has 15 heavy (non-hydrogen) atoms. The largest absolute Gasteiger partial charge is 1.00 e. The predicted molar refractivity (Wildman–Crippen MR) is 53.8 cm³/mol. The molecule has 7 heteroatoms. The van der Waals surface area contributed by atoms with Crippen molar-refractivity contribution in [3.8, 4) is 0 Å². The number of hydrogen-bond acceptors (Lipinski definition) is 4. The number of halogens is 1. The Labute approximate surface area is 143 Å². The van der Waals surface area contributed by atoms with E-state index in [1.165, 1.54) is 16.7 Å². The van der Waals surface area contributed by atoms with Gasteiger partial charge in [0, 0.05) is 4.75 Å². The van der Waals surface area contributed by atoms with Crippen LogP contribution in [0.2, 0.25) is 0 Å². The van der Waals surface area contributed by atoms with E-state index in [4.69, 9.17) is 0 Å². The summed E-state index contributed by atoms with van der Waals surface area (Å²) in [6.07, 6.45) is 0. The van der Waals surface area contributed by atoms with Gasteiger partial charge in [0.1, 0.15) is 10.2 Å². The number of alkyl halides is 1. The van der Waals surface area contributed by atoms with Gasteiger partial charge in [0.05, 0.1) is 12.0 Å². The van der Waals surface area contributed by atoms with Crippen LogP contribution in [0.3, 0.4) is 0 Å². The molecule has 2 aliphatic rings. The van der Waals surface area contributed by atoms with Crippen LogP contribution in [0.4, 0.5) is 0 Å². The van der Waals surface area contributed by atoms with Gasteiger partial charge in [-0.3, -0.25) is 4.79 Å². The summed E-state index contributed by atoms with van der Waals surface area (Å²) in [5, 5.41) is 10.9. The van der Waals surface area contributed by atoms with Crippen molar-refractivity contribution in [3.05, 3.63) is 0 Å². The van der Waals surface area contributed by atoms with Gasteiger partial charge < -0.3 is 14.8 Å². The fourth-order valence-electron chi connectivity index (χ4n) is 1.95. The third kappa shape index (κ3) is 2.09. The molecule has 2 heterocycles. The molecule has 3 atom stereocenters. The molecule has 0 aromatic heterocycles. The normalized spacial score (nSPS) is 36.6. The van der Waals surface area contributed by atoms with E-state index in [1.807, 2.05) is 13.8 Å². The first-order chi connectivity index (χ1) is 6.36. The van der Waals surface area contributed by atoms with Gasteiger partial charge in [-0.1, -0.05) is 15.9 Å². The predicted octanol–water partition coefficient (Wildman–Crippen LogP) is -3.43. The number of carbonyl (C=O) groups excluding carboxylic acids is 2. The summed E-state index contributed by atoms with van der Waals surface area (Å²) < 4.78 is -0.471. The Morgan fingerprint density at radius 1 is 1.60 bits per heavy atom. The van der Waals surface area contributed by atoms with Crippen LogP contribution in [-0.4, -0.2) is 37.8 Å². The smallest absolute Gasteiger partial charge is 0.548 e. The molecule has 0 aromatic rings. The number of carboxylic acids is 1. The second-order valence-corrected chi connectivity index (χ2v) is 6.74. The molecule has 0 aliphatic carbocycles. The SMILES string of the molecule is CC1(C)SC2C(Br)C(=O)N2C1C(=O)[O-].[K+]. The van der Waals surface area contributed by atoms with E-state index >= 15 is 0 Å². The number of amides is 1. The van der Waals surface area contributed by atoms with E-state index < -0.39 is 16.8 Å². The fraction of sp³-hybridized carbons (Fsp3) is 0.750. The molecular formula is C8H9BrKNO3S. The molecule has 0 N–H and O–H groups in total. The van der Waals surface area contributed by atoms with E-state index in [9.17, 15) is 14.7 Å². The Kier molecular flexibility index (Phi) is 4.42. The van der Waals surface area contributed by atoms with Crippen LogP contribution >= 0.6 is 27.7 Å². The van der Waals surface area contributed by atoms with E-state index in [1.54, 1.807) is 0 Å². The fourth-order valence-corrected chi connectivity index (χ4v) is 4.30.